The smallest absolute Gasteiger partial charge is 0.228 e. The van der Waals surface area contributed by atoms with Crippen molar-refractivity contribution in [3.05, 3.63) is 63.1 Å². The topological polar surface area (TPSA) is 55.1 Å². The Morgan fingerprint density at radius 1 is 1.20 bits per heavy atom. The Morgan fingerprint density at radius 3 is 2.80 bits per heavy atom. The lowest BCUT2D eigenvalue weighted by Gasteiger charge is -2.16. The number of carbonyl (C=O) groups is 1. The predicted molar refractivity (Wildman–Crippen MR) is 81.3 cm³/mol. The van der Waals surface area contributed by atoms with Crippen LogP contribution in [0, 0.1) is 0 Å². The highest BCUT2D eigenvalue weighted by atomic mass is 35.5. The molecule has 5 heteroatoms. The summed E-state index contributed by atoms with van der Waals surface area (Å²) in [5, 5.41) is 3.75. The molecule has 0 fully saturated rings. The van der Waals surface area contributed by atoms with Gasteiger partial charge in [0.2, 0.25) is 5.91 Å². The molecule has 20 heavy (non-hydrogen) atoms. The summed E-state index contributed by atoms with van der Waals surface area (Å²) in [6.45, 7) is 0. The van der Waals surface area contributed by atoms with Crippen LogP contribution in [0.25, 0.3) is 0 Å². The fourth-order valence-corrected chi connectivity index (χ4v) is 2.81. The lowest BCUT2D eigenvalue weighted by Crippen LogP contribution is -2.12. The number of hydrogen-bond donors (Lipinski definition) is 2. The number of hydrogen-bond acceptors (Lipinski definition) is 2. The number of rotatable bonds is 2. The molecule has 0 spiro atoms. The van der Waals surface area contributed by atoms with Crippen molar-refractivity contribution in [2.24, 2.45) is 5.73 Å². The van der Waals surface area contributed by atoms with Crippen LogP contribution in [0.3, 0.4) is 0 Å². The number of fused-ring (bicyclic) bond motifs is 1. The van der Waals surface area contributed by atoms with Gasteiger partial charge < -0.3 is 11.1 Å². The van der Waals surface area contributed by atoms with E-state index in [0.717, 1.165) is 22.4 Å². The zero-order valence-electron chi connectivity index (χ0n) is 10.5. The minimum atomic E-state index is -0.373. The van der Waals surface area contributed by atoms with Crippen LogP contribution in [-0.4, -0.2) is 5.91 Å². The summed E-state index contributed by atoms with van der Waals surface area (Å²) in [5.74, 6) is 0.00603. The number of anilines is 1. The largest absolute Gasteiger partial charge is 0.326 e. The highest BCUT2D eigenvalue weighted by Gasteiger charge is 2.20. The summed E-state index contributed by atoms with van der Waals surface area (Å²) < 4.78 is 0. The Kier molecular flexibility index (Phi) is 3.42. The molecule has 0 aliphatic carbocycles. The standard InChI is InChI=1S/C15H12Cl2N2O/c16-11-3-1-2-10(14(11)17)15(18)8-4-5-12-9(6-8)7-13(20)19-12/h1-6,15H,7,18H2,(H,19,20). The molecule has 1 unspecified atom stereocenters. The van der Waals surface area contributed by atoms with Gasteiger partial charge in [0, 0.05) is 5.69 Å². The van der Waals surface area contributed by atoms with Crippen LogP contribution < -0.4 is 11.1 Å². The van der Waals surface area contributed by atoms with Gasteiger partial charge >= 0.3 is 0 Å². The maximum atomic E-state index is 11.4. The fraction of sp³-hybridized carbons (Fsp3) is 0.133. The normalized spacial score (nSPS) is 14.8. The molecular formula is C15H12Cl2N2O. The number of benzene rings is 2. The SMILES string of the molecule is NC(c1ccc2c(c1)CC(=O)N2)c1cccc(Cl)c1Cl. The molecular weight excluding hydrogens is 295 g/mol. The quantitative estimate of drug-likeness (QED) is 0.891. The first kappa shape index (κ1) is 13.4. The summed E-state index contributed by atoms with van der Waals surface area (Å²) in [7, 11) is 0. The molecule has 3 rings (SSSR count). The first-order valence-electron chi connectivity index (χ1n) is 6.18. The third kappa shape index (κ3) is 2.29. The van der Waals surface area contributed by atoms with Crippen molar-refractivity contribution in [2.75, 3.05) is 5.32 Å². The van der Waals surface area contributed by atoms with E-state index in [-0.39, 0.29) is 11.9 Å². The van der Waals surface area contributed by atoms with E-state index < -0.39 is 0 Å². The first-order valence-corrected chi connectivity index (χ1v) is 6.94. The number of amides is 1. The highest BCUT2D eigenvalue weighted by molar-refractivity contribution is 6.42. The number of halogens is 2. The number of nitrogens with one attached hydrogen (secondary N) is 1. The molecule has 0 bridgehead atoms. The van der Waals surface area contributed by atoms with Gasteiger partial charge in [0.1, 0.15) is 0 Å². The van der Waals surface area contributed by atoms with E-state index in [0.29, 0.717) is 16.5 Å². The number of carbonyl (C=O) groups excluding carboxylic acids is 1. The van der Waals surface area contributed by atoms with Crippen molar-refractivity contribution in [3.8, 4) is 0 Å². The van der Waals surface area contributed by atoms with Crippen LogP contribution >= 0.6 is 23.2 Å². The Balaban J connectivity index is 1.99. The summed E-state index contributed by atoms with van der Waals surface area (Å²) >= 11 is 12.2. The van der Waals surface area contributed by atoms with Gasteiger partial charge in [-0.2, -0.15) is 0 Å². The fourth-order valence-electron chi connectivity index (χ4n) is 2.38. The molecule has 1 amide bonds. The summed E-state index contributed by atoms with van der Waals surface area (Å²) in [6.07, 6.45) is 0.388. The molecule has 0 saturated heterocycles. The Hall–Kier alpha value is -1.55. The third-order valence-corrected chi connectivity index (χ3v) is 4.26. The van der Waals surface area contributed by atoms with E-state index in [2.05, 4.69) is 5.32 Å². The Bertz CT molecular complexity index is 700. The van der Waals surface area contributed by atoms with Crippen molar-refractivity contribution < 1.29 is 4.79 Å². The van der Waals surface area contributed by atoms with Crippen LogP contribution in [0.4, 0.5) is 5.69 Å². The van der Waals surface area contributed by atoms with Gasteiger partial charge in [-0.05, 0) is 28.8 Å². The molecule has 3 N–H and O–H groups in total. The van der Waals surface area contributed by atoms with Crippen molar-refractivity contribution in [3.63, 3.8) is 0 Å². The van der Waals surface area contributed by atoms with Gasteiger partial charge in [0.25, 0.3) is 0 Å². The zero-order valence-corrected chi connectivity index (χ0v) is 12.0. The van der Waals surface area contributed by atoms with Crippen molar-refractivity contribution in [1.29, 1.82) is 0 Å². The van der Waals surface area contributed by atoms with Crippen molar-refractivity contribution in [2.45, 2.75) is 12.5 Å². The van der Waals surface area contributed by atoms with Gasteiger partial charge in [0.15, 0.2) is 0 Å². The van der Waals surface area contributed by atoms with E-state index >= 15 is 0 Å². The van der Waals surface area contributed by atoms with Crippen LogP contribution in [0.15, 0.2) is 36.4 Å². The van der Waals surface area contributed by atoms with Crippen LogP contribution in [0.5, 0.6) is 0 Å². The molecule has 0 saturated carbocycles. The molecule has 2 aromatic rings. The molecule has 1 aliphatic rings. The second-order valence-electron chi connectivity index (χ2n) is 4.76. The van der Waals surface area contributed by atoms with E-state index in [1.54, 1.807) is 6.07 Å². The van der Waals surface area contributed by atoms with E-state index in [4.69, 9.17) is 28.9 Å². The minimum Gasteiger partial charge on any atom is -0.326 e. The molecule has 3 nitrogen and oxygen atoms in total. The number of nitrogens with two attached hydrogens (primary N) is 1. The first-order chi connectivity index (χ1) is 9.56. The van der Waals surface area contributed by atoms with Gasteiger partial charge in [-0.3, -0.25) is 4.79 Å². The monoisotopic (exact) mass is 306 g/mol. The van der Waals surface area contributed by atoms with Crippen LogP contribution in [-0.2, 0) is 11.2 Å². The van der Waals surface area contributed by atoms with Gasteiger partial charge in [-0.25, -0.2) is 0 Å². The minimum absolute atomic E-state index is 0.00603. The molecule has 1 heterocycles. The zero-order chi connectivity index (χ0) is 14.3. The molecule has 2 aromatic carbocycles. The predicted octanol–water partition coefficient (Wildman–Crippen LogP) is 3.54. The van der Waals surface area contributed by atoms with Gasteiger partial charge in [-0.1, -0.05) is 47.5 Å². The van der Waals surface area contributed by atoms with E-state index in [1.807, 2.05) is 30.3 Å². The molecule has 1 aliphatic heterocycles. The van der Waals surface area contributed by atoms with E-state index in [9.17, 15) is 4.79 Å². The maximum absolute atomic E-state index is 11.4. The lowest BCUT2D eigenvalue weighted by atomic mass is 9.97. The lowest BCUT2D eigenvalue weighted by molar-refractivity contribution is -0.115. The average molecular weight is 307 g/mol. The average Bonchev–Trinajstić information content (AvgIpc) is 2.80. The molecule has 102 valence electrons. The van der Waals surface area contributed by atoms with Gasteiger partial charge in [0.05, 0.1) is 22.5 Å². The third-order valence-electron chi connectivity index (χ3n) is 3.43. The van der Waals surface area contributed by atoms with Crippen LogP contribution in [0.1, 0.15) is 22.7 Å². The Labute approximate surface area is 126 Å². The van der Waals surface area contributed by atoms with Crippen molar-refractivity contribution >= 4 is 34.8 Å². The summed E-state index contributed by atoms with van der Waals surface area (Å²) in [5.41, 5.74) is 9.76. The molecule has 1 atom stereocenters. The maximum Gasteiger partial charge on any atom is 0.228 e. The van der Waals surface area contributed by atoms with Crippen LogP contribution in [0.2, 0.25) is 10.0 Å². The highest BCUT2D eigenvalue weighted by Crippen LogP contribution is 2.33. The van der Waals surface area contributed by atoms with Crippen molar-refractivity contribution in [1.82, 2.24) is 0 Å². The molecule has 0 radical (unpaired) electrons. The van der Waals surface area contributed by atoms with E-state index in [1.165, 1.54) is 0 Å². The second-order valence-corrected chi connectivity index (χ2v) is 5.55. The summed E-state index contributed by atoms with van der Waals surface area (Å²) in [6, 6.07) is 10.7. The van der Waals surface area contributed by atoms with Gasteiger partial charge in [-0.15, -0.1) is 0 Å². The Morgan fingerprint density at radius 2 is 2.00 bits per heavy atom. The summed E-state index contributed by atoms with van der Waals surface area (Å²) in [4.78, 5) is 11.4. The second kappa shape index (κ2) is 5.09. The molecule has 0 aromatic heterocycles.